The van der Waals surface area contributed by atoms with Crippen LogP contribution in [0.4, 0.5) is 9.93 Å². The Morgan fingerprint density at radius 3 is 3.22 bits per heavy atom. The van der Waals surface area contributed by atoms with E-state index in [1.807, 2.05) is 23.6 Å². The predicted molar refractivity (Wildman–Crippen MR) is 71.7 cm³/mol. The SMILES string of the molecule is CCOC(=O)Nc1nc2ccc(SC#N)cc2s1. The van der Waals surface area contributed by atoms with Crippen LogP contribution in [-0.4, -0.2) is 17.7 Å². The zero-order valence-corrected chi connectivity index (χ0v) is 11.1. The number of ether oxygens (including phenoxy) is 1. The smallest absolute Gasteiger partial charge is 0.413 e. The van der Waals surface area contributed by atoms with Crippen LogP contribution in [0.15, 0.2) is 23.1 Å². The number of aromatic nitrogens is 1. The molecule has 1 aromatic carbocycles. The van der Waals surface area contributed by atoms with E-state index in [1.165, 1.54) is 11.3 Å². The Balaban J connectivity index is 2.22. The molecule has 1 heterocycles. The maximum Gasteiger partial charge on any atom is 0.413 e. The minimum atomic E-state index is -0.511. The average molecular weight is 279 g/mol. The van der Waals surface area contributed by atoms with E-state index in [0.717, 1.165) is 26.9 Å². The van der Waals surface area contributed by atoms with Gasteiger partial charge in [0.2, 0.25) is 0 Å². The fraction of sp³-hybridized carbons (Fsp3) is 0.182. The third-order valence-electron chi connectivity index (χ3n) is 2.01. The molecule has 2 rings (SSSR count). The Morgan fingerprint density at radius 1 is 1.67 bits per heavy atom. The summed E-state index contributed by atoms with van der Waals surface area (Å²) < 4.78 is 5.69. The fourth-order valence-corrected chi connectivity index (χ4v) is 2.71. The summed E-state index contributed by atoms with van der Waals surface area (Å²) in [6.07, 6.45) is -0.511. The number of fused-ring (bicyclic) bond motifs is 1. The van der Waals surface area contributed by atoms with Gasteiger partial charge in [-0.1, -0.05) is 11.3 Å². The fourth-order valence-electron chi connectivity index (χ4n) is 1.33. The van der Waals surface area contributed by atoms with Crippen LogP contribution >= 0.6 is 23.1 Å². The first kappa shape index (κ1) is 12.7. The molecule has 0 bridgehead atoms. The molecule has 18 heavy (non-hydrogen) atoms. The third kappa shape index (κ3) is 2.91. The van der Waals surface area contributed by atoms with E-state index in [1.54, 1.807) is 6.92 Å². The number of thiazole rings is 1. The van der Waals surface area contributed by atoms with E-state index in [0.29, 0.717) is 11.7 Å². The van der Waals surface area contributed by atoms with Crippen LogP contribution in [0.3, 0.4) is 0 Å². The van der Waals surface area contributed by atoms with Crippen LogP contribution in [0, 0.1) is 10.7 Å². The number of nitriles is 1. The lowest BCUT2D eigenvalue weighted by Gasteiger charge is -1.99. The van der Waals surface area contributed by atoms with Crippen molar-refractivity contribution in [1.29, 1.82) is 5.26 Å². The van der Waals surface area contributed by atoms with Gasteiger partial charge in [-0.05, 0) is 36.9 Å². The van der Waals surface area contributed by atoms with E-state index in [-0.39, 0.29) is 0 Å². The molecule has 0 aliphatic rings. The second kappa shape index (κ2) is 5.71. The van der Waals surface area contributed by atoms with Gasteiger partial charge in [0.15, 0.2) is 5.13 Å². The molecule has 0 aliphatic heterocycles. The summed E-state index contributed by atoms with van der Waals surface area (Å²) >= 11 is 2.44. The summed E-state index contributed by atoms with van der Waals surface area (Å²) in [4.78, 5) is 16.4. The Kier molecular flexibility index (Phi) is 4.02. The normalized spacial score (nSPS) is 10.0. The molecular weight excluding hydrogens is 270 g/mol. The standard InChI is InChI=1S/C11H9N3O2S2/c1-2-16-11(15)14-10-13-8-4-3-7(17-6-12)5-9(8)18-10/h3-5H,2H2,1H3,(H,13,14,15). The minimum absolute atomic E-state index is 0.319. The number of nitrogens with zero attached hydrogens (tertiary/aromatic N) is 2. The van der Waals surface area contributed by atoms with Crippen molar-refractivity contribution in [3.8, 4) is 5.40 Å². The number of thiocyanates is 1. The van der Waals surface area contributed by atoms with Gasteiger partial charge in [0.25, 0.3) is 0 Å². The molecular formula is C11H9N3O2S2. The molecule has 0 spiro atoms. The van der Waals surface area contributed by atoms with Crippen molar-refractivity contribution in [1.82, 2.24) is 4.98 Å². The van der Waals surface area contributed by atoms with Gasteiger partial charge in [0.05, 0.1) is 16.8 Å². The summed E-state index contributed by atoms with van der Waals surface area (Å²) in [6, 6.07) is 5.52. The molecule has 92 valence electrons. The molecule has 1 amide bonds. The molecule has 0 saturated heterocycles. The molecule has 5 nitrogen and oxygen atoms in total. The van der Waals surface area contributed by atoms with E-state index >= 15 is 0 Å². The summed E-state index contributed by atoms with van der Waals surface area (Å²) in [7, 11) is 0. The third-order valence-corrected chi connectivity index (χ3v) is 3.52. The summed E-state index contributed by atoms with van der Waals surface area (Å²) in [5.74, 6) is 0. The number of amides is 1. The van der Waals surface area contributed by atoms with Crippen LogP contribution in [-0.2, 0) is 4.74 Å². The number of rotatable bonds is 3. The maximum absolute atomic E-state index is 11.2. The van der Waals surface area contributed by atoms with Crippen molar-refractivity contribution in [2.24, 2.45) is 0 Å². The topological polar surface area (TPSA) is 75.0 Å². The van der Waals surface area contributed by atoms with E-state index in [4.69, 9.17) is 10.00 Å². The molecule has 0 unspecified atom stereocenters. The van der Waals surface area contributed by atoms with Crippen molar-refractivity contribution in [3.63, 3.8) is 0 Å². The zero-order chi connectivity index (χ0) is 13.0. The van der Waals surface area contributed by atoms with Gasteiger partial charge < -0.3 is 4.74 Å². The van der Waals surface area contributed by atoms with Gasteiger partial charge in [-0.3, -0.25) is 5.32 Å². The van der Waals surface area contributed by atoms with E-state index in [9.17, 15) is 4.79 Å². The maximum atomic E-state index is 11.2. The highest BCUT2D eigenvalue weighted by molar-refractivity contribution is 8.03. The van der Waals surface area contributed by atoms with Crippen molar-refractivity contribution in [2.45, 2.75) is 11.8 Å². The molecule has 0 radical (unpaired) electrons. The van der Waals surface area contributed by atoms with Crippen LogP contribution in [0.1, 0.15) is 6.92 Å². The van der Waals surface area contributed by atoms with Gasteiger partial charge in [-0.2, -0.15) is 5.26 Å². The average Bonchev–Trinajstić information content (AvgIpc) is 2.71. The monoisotopic (exact) mass is 279 g/mol. The Morgan fingerprint density at radius 2 is 2.50 bits per heavy atom. The molecule has 0 saturated carbocycles. The largest absolute Gasteiger partial charge is 0.450 e. The number of thioether (sulfide) groups is 1. The Hall–Kier alpha value is -1.78. The van der Waals surface area contributed by atoms with Crippen LogP contribution in [0.5, 0.6) is 0 Å². The predicted octanol–water partition coefficient (Wildman–Crippen LogP) is 3.44. The number of carbonyl (C=O) groups is 1. The lowest BCUT2D eigenvalue weighted by Crippen LogP contribution is -2.12. The summed E-state index contributed by atoms with van der Waals surface area (Å²) in [6.45, 7) is 2.06. The number of carbonyl (C=O) groups excluding carboxylic acids is 1. The first-order chi connectivity index (χ1) is 8.72. The highest BCUT2D eigenvalue weighted by Gasteiger charge is 2.08. The van der Waals surface area contributed by atoms with Crippen LogP contribution < -0.4 is 5.32 Å². The molecule has 0 atom stereocenters. The summed E-state index contributed by atoms with van der Waals surface area (Å²) in [5, 5.41) is 13.7. The number of hydrogen-bond acceptors (Lipinski definition) is 6. The molecule has 2 aromatic rings. The van der Waals surface area contributed by atoms with E-state index in [2.05, 4.69) is 10.3 Å². The molecule has 1 N–H and O–H groups in total. The quantitative estimate of drug-likeness (QED) is 0.688. The van der Waals surface area contributed by atoms with Crippen molar-refractivity contribution in [3.05, 3.63) is 18.2 Å². The number of benzene rings is 1. The lowest BCUT2D eigenvalue weighted by atomic mass is 10.3. The zero-order valence-electron chi connectivity index (χ0n) is 9.47. The highest BCUT2D eigenvalue weighted by Crippen LogP contribution is 2.29. The Bertz CT molecular complexity index is 618. The van der Waals surface area contributed by atoms with Crippen molar-refractivity contribution >= 4 is 44.5 Å². The molecule has 0 fully saturated rings. The van der Waals surface area contributed by atoms with Gasteiger partial charge in [-0.25, -0.2) is 9.78 Å². The first-order valence-corrected chi connectivity index (χ1v) is 6.76. The summed E-state index contributed by atoms with van der Waals surface area (Å²) in [5.41, 5.74) is 0.786. The van der Waals surface area contributed by atoms with Crippen LogP contribution in [0.2, 0.25) is 0 Å². The van der Waals surface area contributed by atoms with Gasteiger partial charge >= 0.3 is 6.09 Å². The van der Waals surface area contributed by atoms with Gasteiger partial charge in [-0.15, -0.1) is 0 Å². The molecule has 7 heteroatoms. The number of hydrogen-bond donors (Lipinski definition) is 1. The van der Waals surface area contributed by atoms with Crippen LogP contribution in [0.25, 0.3) is 10.2 Å². The lowest BCUT2D eigenvalue weighted by molar-refractivity contribution is 0.168. The van der Waals surface area contributed by atoms with Gasteiger partial charge in [0, 0.05) is 4.90 Å². The Labute approximate surface area is 112 Å². The molecule has 0 aliphatic carbocycles. The van der Waals surface area contributed by atoms with Crippen molar-refractivity contribution < 1.29 is 9.53 Å². The second-order valence-electron chi connectivity index (χ2n) is 3.19. The highest BCUT2D eigenvalue weighted by atomic mass is 32.2. The van der Waals surface area contributed by atoms with Crippen molar-refractivity contribution in [2.75, 3.05) is 11.9 Å². The molecule has 1 aromatic heterocycles. The van der Waals surface area contributed by atoms with E-state index < -0.39 is 6.09 Å². The van der Waals surface area contributed by atoms with Gasteiger partial charge in [0.1, 0.15) is 5.40 Å². The number of anilines is 1. The number of nitrogens with one attached hydrogen (secondary N) is 1. The minimum Gasteiger partial charge on any atom is -0.450 e. The second-order valence-corrected chi connectivity index (χ2v) is 5.08. The first-order valence-electron chi connectivity index (χ1n) is 5.13.